The van der Waals surface area contributed by atoms with Crippen molar-refractivity contribution in [2.75, 3.05) is 13.2 Å². The molecule has 24 heavy (non-hydrogen) atoms. The highest BCUT2D eigenvalue weighted by atomic mass is 16.4. The molecule has 0 radical (unpaired) electrons. The van der Waals surface area contributed by atoms with E-state index < -0.39 is 24.4 Å². The number of fused-ring (bicyclic) bond motifs is 3. The fourth-order valence-corrected chi connectivity index (χ4v) is 6.22. The highest BCUT2D eigenvalue weighted by Crippen LogP contribution is 2.63. The molecule has 3 rings (SSSR count). The van der Waals surface area contributed by atoms with Gasteiger partial charge in [-0.1, -0.05) is 25.5 Å². The molecule has 5 heteroatoms. The Morgan fingerprint density at radius 1 is 1.21 bits per heavy atom. The molecule has 0 bridgehead atoms. The van der Waals surface area contributed by atoms with Crippen LogP contribution in [0.4, 0.5) is 0 Å². The van der Waals surface area contributed by atoms with Crippen molar-refractivity contribution in [1.82, 2.24) is 0 Å². The van der Waals surface area contributed by atoms with Crippen LogP contribution in [0.3, 0.4) is 0 Å². The molecule has 2 fully saturated rings. The Kier molecular flexibility index (Phi) is 4.63. The minimum atomic E-state index is -1.35. The predicted molar refractivity (Wildman–Crippen MR) is 90.1 cm³/mol. The zero-order valence-corrected chi connectivity index (χ0v) is 14.8. The van der Waals surface area contributed by atoms with E-state index in [4.69, 9.17) is 0 Å². The van der Waals surface area contributed by atoms with Crippen molar-refractivity contribution >= 4 is 0 Å². The van der Waals surface area contributed by atoms with Crippen molar-refractivity contribution in [2.45, 2.75) is 70.2 Å². The van der Waals surface area contributed by atoms with Gasteiger partial charge in [0.05, 0.1) is 12.7 Å². The van der Waals surface area contributed by atoms with Crippen molar-refractivity contribution in [2.24, 2.45) is 22.7 Å². The molecule has 0 aromatic carbocycles. The highest BCUT2D eigenvalue weighted by Gasteiger charge is 2.58. The van der Waals surface area contributed by atoms with Gasteiger partial charge in [-0.05, 0) is 61.2 Å². The fourth-order valence-electron chi connectivity index (χ4n) is 6.22. The molecule has 0 aromatic rings. The Bertz CT molecular complexity index is 520. The molecule has 0 amide bonds. The molecule has 138 valence electrons. The average molecular weight is 340 g/mol. The number of hydrogen-bond donors (Lipinski definition) is 5. The third-order valence-electron chi connectivity index (χ3n) is 7.36. The third kappa shape index (κ3) is 2.65. The summed E-state index contributed by atoms with van der Waals surface area (Å²) in [6, 6.07) is 0. The maximum Gasteiger partial charge on any atom is 0.111 e. The number of rotatable bonds is 3. The first-order valence-electron chi connectivity index (χ1n) is 9.20. The van der Waals surface area contributed by atoms with Crippen LogP contribution in [-0.2, 0) is 0 Å². The molecule has 0 saturated heterocycles. The van der Waals surface area contributed by atoms with Crippen LogP contribution in [0.5, 0.6) is 0 Å². The summed E-state index contributed by atoms with van der Waals surface area (Å²) in [4.78, 5) is 0. The Morgan fingerprint density at radius 2 is 1.92 bits per heavy atom. The van der Waals surface area contributed by atoms with Crippen LogP contribution >= 0.6 is 0 Å². The minimum absolute atomic E-state index is 0.0866. The van der Waals surface area contributed by atoms with Crippen LogP contribution in [0.1, 0.15) is 52.4 Å². The molecule has 0 spiro atoms. The highest BCUT2D eigenvalue weighted by molar-refractivity contribution is 5.27. The summed E-state index contributed by atoms with van der Waals surface area (Å²) in [6.07, 6.45) is 4.49. The van der Waals surface area contributed by atoms with Gasteiger partial charge in [0, 0.05) is 6.61 Å². The Balaban J connectivity index is 1.95. The Labute approximate surface area is 144 Å². The van der Waals surface area contributed by atoms with E-state index >= 15 is 0 Å². The van der Waals surface area contributed by atoms with Crippen LogP contribution in [0.2, 0.25) is 0 Å². The summed E-state index contributed by atoms with van der Waals surface area (Å²) in [5.74, 6) is 0.595. The molecule has 0 unspecified atom stereocenters. The van der Waals surface area contributed by atoms with E-state index in [2.05, 4.69) is 13.8 Å². The second-order valence-corrected chi connectivity index (χ2v) is 8.97. The smallest absolute Gasteiger partial charge is 0.111 e. The third-order valence-corrected chi connectivity index (χ3v) is 7.36. The molecule has 0 aromatic heterocycles. The first kappa shape index (κ1) is 18.3. The molecule has 5 N–H and O–H groups in total. The number of hydrogen-bond acceptors (Lipinski definition) is 5. The number of allylic oxidation sites excluding steroid dienone is 1. The van der Waals surface area contributed by atoms with Crippen molar-refractivity contribution < 1.29 is 25.5 Å². The molecule has 7 atom stereocenters. The van der Waals surface area contributed by atoms with Crippen molar-refractivity contribution in [3.63, 3.8) is 0 Å². The van der Waals surface area contributed by atoms with Crippen LogP contribution in [-0.4, -0.2) is 56.6 Å². The van der Waals surface area contributed by atoms with Crippen molar-refractivity contribution in [3.8, 4) is 0 Å². The van der Waals surface area contributed by atoms with E-state index in [9.17, 15) is 25.5 Å². The molecule has 5 nitrogen and oxygen atoms in total. The Hall–Kier alpha value is -0.460. The maximum absolute atomic E-state index is 10.7. The van der Waals surface area contributed by atoms with Gasteiger partial charge in [0.2, 0.25) is 0 Å². The second-order valence-electron chi connectivity index (χ2n) is 8.97. The lowest BCUT2D eigenvalue weighted by molar-refractivity contribution is -0.139. The van der Waals surface area contributed by atoms with Gasteiger partial charge in [0.25, 0.3) is 0 Å². The summed E-state index contributed by atoms with van der Waals surface area (Å²) in [7, 11) is 0. The average Bonchev–Trinajstić information content (AvgIpc) is 2.52. The molecular weight excluding hydrogens is 308 g/mol. The lowest BCUT2D eigenvalue weighted by atomic mass is 9.45. The fraction of sp³-hybridized carbons (Fsp3) is 0.895. The standard InChI is InChI=1S/C19H32O5/c1-17(11-21)8-13(22)9-18(2)14-5-6-19(24,16(23)10-20)7-12(14)3-4-15(17)18/h7,13-16,20-24H,3-6,8-11H2,1-2H3/t13-,14-,15-,16+,17+,18+,19-/m1/s1. The van der Waals surface area contributed by atoms with Crippen LogP contribution < -0.4 is 0 Å². The molecule has 2 saturated carbocycles. The number of aliphatic hydroxyl groups is 5. The van der Waals surface area contributed by atoms with E-state index in [0.717, 1.165) is 31.3 Å². The van der Waals surface area contributed by atoms with Crippen LogP contribution in [0.25, 0.3) is 0 Å². The van der Waals surface area contributed by atoms with Gasteiger partial charge < -0.3 is 25.5 Å². The zero-order valence-electron chi connectivity index (χ0n) is 14.8. The molecule has 0 heterocycles. The molecule has 0 aliphatic heterocycles. The van der Waals surface area contributed by atoms with Crippen molar-refractivity contribution in [3.05, 3.63) is 11.6 Å². The normalized spacial score (nSPS) is 49.8. The number of aliphatic hydroxyl groups excluding tert-OH is 4. The van der Waals surface area contributed by atoms with Gasteiger partial charge in [-0.3, -0.25) is 0 Å². The topological polar surface area (TPSA) is 101 Å². The van der Waals surface area contributed by atoms with Gasteiger partial charge in [0.15, 0.2) is 0 Å². The minimum Gasteiger partial charge on any atom is -0.396 e. The molecule has 3 aliphatic carbocycles. The first-order chi connectivity index (χ1) is 11.2. The lowest BCUT2D eigenvalue weighted by Crippen LogP contribution is -2.57. The van der Waals surface area contributed by atoms with Gasteiger partial charge in [-0.2, -0.15) is 0 Å². The maximum atomic E-state index is 10.7. The Morgan fingerprint density at radius 3 is 2.54 bits per heavy atom. The van der Waals surface area contributed by atoms with E-state index in [1.54, 1.807) is 6.08 Å². The predicted octanol–water partition coefficient (Wildman–Crippen LogP) is 0.977. The molecular formula is C19H32O5. The largest absolute Gasteiger partial charge is 0.396 e. The quantitative estimate of drug-likeness (QED) is 0.493. The summed E-state index contributed by atoms with van der Waals surface area (Å²) in [5.41, 5.74) is -0.581. The van der Waals surface area contributed by atoms with Gasteiger partial charge in [-0.25, -0.2) is 0 Å². The van der Waals surface area contributed by atoms with Crippen LogP contribution in [0, 0.1) is 22.7 Å². The van der Waals surface area contributed by atoms with Crippen molar-refractivity contribution in [1.29, 1.82) is 0 Å². The SMILES string of the molecule is C[C@@]1(CO)C[C@@H](O)C[C@@]2(C)[C@@H]3CC[C@](O)([C@@H](O)CO)C=C3CC[C@H]12. The van der Waals surface area contributed by atoms with E-state index in [1.165, 1.54) is 0 Å². The lowest BCUT2D eigenvalue weighted by Gasteiger charge is -2.61. The molecule has 3 aliphatic rings. The first-order valence-corrected chi connectivity index (χ1v) is 9.20. The van der Waals surface area contributed by atoms with Crippen LogP contribution in [0.15, 0.2) is 11.6 Å². The van der Waals surface area contributed by atoms with Gasteiger partial charge >= 0.3 is 0 Å². The zero-order chi connectivity index (χ0) is 17.8. The summed E-state index contributed by atoms with van der Waals surface area (Å²) in [5, 5.41) is 50.3. The van der Waals surface area contributed by atoms with E-state index in [-0.39, 0.29) is 23.4 Å². The van der Waals surface area contributed by atoms with Gasteiger partial charge in [-0.15, -0.1) is 0 Å². The summed E-state index contributed by atoms with van der Waals surface area (Å²) < 4.78 is 0. The summed E-state index contributed by atoms with van der Waals surface area (Å²) in [6.45, 7) is 3.94. The second kappa shape index (κ2) is 6.06. The van der Waals surface area contributed by atoms with E-state index in [1.807, 2.05) is 0 Å². The van der Waals surface area contributed by atoms with Gasteiger partial charge in [0.1, 0.15) is 11.7 Å². The monoisotopic (exact) mass is 340 g/mol. The van der Waals surface area contributed by atoms with E-state index in [0.29, 0.717) is 18.8 Å². The summed E-state index contributed by atoms with van der Waals surface area (Å²) >= 11 is 0.